The number of hydrogen-bond donors (Lipinski definition) is 0. The highest BCUT2D eigenvalue weighted by Crippen LogP contribution is 2.30. The van der Waals surface area contributed by atoms with Gasteiger partial charge in [-0.15, -0.1) is 11.3 Å². The summed E-state index contributed by atoms with van der Waals surface area (Å²) in [6.45, 7) is 4.90. The maximum Gasteiger partial charge on any atom is 0.257 e. The van der Waals surface area contributed by atoms with Crippen LogP contribution >= 0.6 is 11.3 Å². The standard InChI is InChI=1S/C23H23FN2O2S/c1-15-7-10-19(11-16(15)2)28-13-22-25-17(14-29-22)12-26(18-8-9-18)23(27)20-5-3-4-6-21(20)24/h3-7,10-11,14,18H,8-9,12-13H2,1-2H3. The van der Waals surface area contributed by atoms with Crippen molar-refractivity contribution in [3.05, 3.63) is 81.1 Å². The molecule has 0 spiro atoms. The van der Waals surface area contributed by atoms with Crippen molar-refractivity contribution in [2.75, 3.05) is 0 Å². The second-order valence-electron chi connectivity index (χ2n) is 7.41. The molecule has 1 aliphatic rings. The van der Waals surface area contributed by atoms with Crippen LogP contribution in [-0.2, 0) is 13.2 Å². The minimum Gasteiger partial charge on any atom is -0.486 e. The number of carbonyl (C=O) groups is 1. The van der Waals surface area contributed by atoms with E-state index in [1.807, 2.05) is 23.6 Å². The molecule has 29 heavy (non-hydrogen) atoms. The number of rotatable bonds is 7. The molecule has 0 radical (unpaired) electrons. The number of thiazole rings is 1. The Morgan fingerprint density at radius 2 is 2.00 bits per heavy atom. The number of halogens is 1. The number of nitrogens with zero attached hydrogens (tertiary/aromatic N) is 2. The van der Waals surface area contributed by atoms with E-state index in [1.165, 1.54) is 34.6 Å². The maximum absolute atomic E-state index is 14.1. The lowest BCUT2D eigenvalue weighted by atomic mass is 10.1. The topological polar surface area (TPSA) is 42.4 Å². The van der Waals surface area contributed by atoms with Crippen LogP contribution in [0.1, 0.15) is 45.0 Å². The third-order valence-corrected chi connectivity index (χ3v) is 6.00. The van der Waals surface area contributed by atoms with Crippen LogP contribution in [0.15, 0.2) is 47.8 Å². The lowest BCUT2D eigenvalue weighted by Crippen LogP contribution is -2.33. The van der Waals surface area contributed by atoms with Gasteiger partial charge in [0.15, 0.2) is 0 Å². The SMILES string of the molecule is Cc1ccc(OCc2nc(CN(C(=O)c3ccccc3F)C3CC3)cs2)cc1C. The van der Waals surface area contributed by atoms with E-state index in [4.69, 9.17) is 4.74 Å². The van der Waals surface area contributed by atoms with Crippen molar-refractivity contribution < 1.29 is 13.9 Å². The van der Waals surface area contributed by atoms with Crippen molar-refractivity contribution in [3.63, 3.8) is 0 Å². The molecule has 0 atom stereocenters. The van der Waals surface area contributed by atoms with Gasteiger partial charge in [-0.05, 0) is 62.1 Å². The first-order chi connectivity index (χ1) is 14.0. The zero-order valence-electron chi connectivity index (χ0n) is 16.5. The molecule has 4 nitrogen and oxygen atoms in total. The molecule has 3 aromatic rings. The number of amides is 1. The molecule has 0 bridgehead atoms. The zero-order valence-corrected chi connectivity index (χ0v) is 17.3. The largest absolute Gasteiger partial charge is 0.486 e. The first-order valence-corrected chi connectivity index (χ1v) is 10.6. The Kier molecular flexibility index (Phi) is 5.62. The summed E-state index contributed by atoms with van der Waals surface area (Å²) in [6, 6.07) is 12.3. The van der Waals surface area contributed by atoms with Crippen LogP contribution in [0, 0.1) is 19.7 Å². The van der Waals surface area contributed by atoms with Crippen LogP contribution in [-0.4, -0.2) is 21.8 Å². The maximum atomic E-state index is 14.1. The summed E-state index contributed by atoms with van der Waals surface area (Å²) < 4.78 is 19.9. The fourth-order valence-electron chi connectivity index (χ4n) is 3.15. The molecule has 6 heteroatoms. The van der Waals surface area contributed by atoms with Crippen LogP contribution in [0.25, 0.3) is 0 Å². The van der Waals surface area contributed by atoms with Crippen molar-refractivity contribution in [1.29, 1.82) is 0 Å². The molecule has 1 aliphatic carbocycles. The van der Waals surface area contributed by atoms with Gasteiger partial charge in [-0.1, -0.05) is 18.2 Å². The Bertz CT molecular complexity index is 1030. The van der Waals surface area contributed by atoms with Gasteiger partial charge >= 0.3 is 0 Å². The second-order valence-corrected chi connectivity index (χ2v) is 8.35. The molecule has 1 amide bonds. The number of hydrogen-bond acceptors (Lipinski definition) is 4. The normalized spacial score (nSPS) is 13.3. The fourth-order valence-corrected chi connectivity index (χ4v) is 3.85. The van der Waals surface area contributed by atoms with Crippen LogP contribution in [0.4, 0.5) is 4.39 Å². The van der Waals surface area contributed by atoms with Gasteiger partial charge in [0, 0.05) is 11.4 Å². The van der Waals surface area contributed by atoms with Gasteiger partial charge in [-0.2, -0.15) is 0 Å². The van der Waals surface area contributed by atoms with Gasteiger partial charge < -0.3 is 9.64 Å². The molecule has 1 fully saturated rings. The van der Waals surface area contributed by atoms with Crippen LogP contribution in [0.2, 0.25) is 0 Å². The van der Waals surface area contributed by atoms with Crippen molar-refractivity contribution >= 4 is 17.2 Å². The van der Waals surface area contributed by atoms with Gasteiger partial charge in [0.1, 0.15) is 23.2 Å². The number of ether oxygens (including phenoxy) is 1. The molecule has 150 valence electrons. The van der Waals surface area contributed by atoms with E-state index in [0.29, 0.717) is 13.2 Å². The van der Waals surface area contributed by atoms with Gasteiger partial charge in [0.25, 0.3) is 5.91 Å². The monoisotopic (exact) mass is 410 g/mol. The van der Waals surface area contributed by atoms with Crippen LogP contribution in [0.5, 0.6) is 5.75 Å². The number of benzene rings is 2. The molecule has 0 saturated heterocycles. The average molecular weight is 411 g/mol. The summed E-state index contributed by atoms with van der Waals surface area (Å²) in [5, 5.41) is 2.80. The summed E-state index contributed by atoms with van der Waals surface area (Å²) in [5.41, 5.74) is 3.35. The lowest BCUT2D eigenvalue weighted by Gasteiger charge is -2.21. The zero-order chi connectivity index (χ0) is 20.4. The van der Waals surface area contributed by atoms with E-state index in [0.717, 1.165) is 29.3 Å². The summed E-state index contributed by atoms with van der Waals surface area (Å²) in [5.74, 6) is 0.0645. The quantitative estimate of drug-likeness (QED) is 0.532. The highest BCUT2D eigenvalue weighted by Gasteiger charge is 2.34. The Hall–Kier alpha value is -2.73. The molecule has 2 aromatic carbocycles. The molecule has 1 saturated carbocycles. The van der Waals surface area contributed by atoms with Crippen molar-refractivity contribution in [3.8, 4) is 5.75 Å². The van der Waals surface area contributed by atoms with Gasteiger partial charge in [-0.25, -0.2) is 9.37 Å². The van der Waals surface area contributed by atoms with Crippen LogP contribution < -0.4 is 4.74 Å². The van der Waals surface area contributed by atoms with E-state index in [2.05, 4.69) is 18.8 Å². The molecule has 0 N–H and O–H groups in total. The van der Waals surface area contributed by atoms with Crippen molar-refractivity contribution in [1.82, 2.24) is 9.88 Å². The third kappa shape index (κ3) is 4.65. The highest BCUT2D eigenvalue weighted by atomic mass is 32.1. The molecule has 1 heterocycles. The van der Waals surface area contributed by atoms with Gasteiger partial charge in [-0.3, -0.25) is 4.79 Å². The molecular formula is C23H23FN2O2S. The molecular weight excluding hydrogens is 387 g/mol. The molecule has 1 aromatic heterocycles. The Balaban J connectivity index is 1.42. The van der Waals surface area contributed by atoms with Gasteiger partial charge in [0.05, 0.1) is 17.8 Å². The molecule has 0 unspecified atom stereocenters. The third-order valence-electron chi connectivity index (χ3n) is 5.13. The molecule has 0 aliphatic heterocycles. The van der Waals surface area contributed by atoms with E-state index in [9.17, 15) is 9.18 Å². The predicted molar refractivity (Wildman–Crippen MR) is 112 cm³/mol. The number of aromatic nitrogens is 1. The Morgan fingerprint density at radius 1 is 1.21 bits per heavy atom. The van der Waals surface area contributed by atoms with Gasteiger partial charge in [0.2, 0.25) is 0 Å². The minimum absolute atomic E-state index is 0.118. The minimum atomic E-state index is -0.482. The average Bonchev–Trinajstić information content (AvgIpc) is 3.46. The predicted octanol–water partition coefficient (Wildman–Crippen LogP) is 5.28. The smallest absolute Gasteiger partial charge is 0.257 e. The second kappa shape index (κ2) is 8.33. The highest BCUT2D eigenvalue weighted by molar-refractivity contribution is 7.09. The number of carbonyl (C=O) groups excluding carboxylic acids is 1. The summed E-state index contributed by atoms with van der Waals surface area (Å²) >= 11 is 1.51. The van der Waals surface area contributed by atoms with E-state index >= 15 is 0 Å². The van der Waals surface area contributed by atoms with Crippen molar-refractivity contribution in [2.24, 2.45) is 0 Å². The Labute approximate surface area is 174 Å². The van der Waals surface area contributed by atoms with E-state index in [-0.39, 0.29) is 17.5 Å². The lowest BCUT2D eigenvalue weighted by molar-refractivity contribution is 0.0723. The summed E-state index contributed by atoms with van der Waals surface area (Å²) in [4.78, 5) is 19.2. The van der Waals surface area contributed by atoms with Crippen molar-refractivity contribution in [2.45, 2.75) is 45.9 Å². The molecule has 4 rings (SSSR count). The van der Waals surface area contributed by atoms with Crippen LogP contribution in [0.3, 0.4) is 0 Å². The van der Waals surface area contributed by atoms with E-state index < -0.39 is 5.82 Å². The summed E-state index contributed by atoms with van der Waals surface area (Å²) in [7, 11) is 0. The first-order valence-electron chi connectivity index (χ1n) is 9.70. The first kappa shape index (κ1) is 19.6. The number of aryl methyl sites for hydroxylation is 2. The summed E-state index contributed by atoms with van der Waals surface area (Å²) in [6.07, 6.45) is 1.90. The Morgan fingerprint density at radius 3 is 2.72 bits per heavy atom. The fraction of sp³-hybridized carbons (Fsp3) is 0.304. The van der Waals surface area contributed by atoms with E-state index in [1.54, 1.807) is 17.0 Å².